The van der Waals surface area contributed by atoms with Gasteiger partial charge in [0.25, 0.3) is 0 Å². The molecule has 0 aliphatic heterocycles. The molecule has 1 aromatic rings. The lowest BCUT2D eigenvalue weighted by Gasteiger charge is -2.22. The molecule has 1 fully saturated rings. The summed E-state index contributed by atoms with van der Waals surface area (Å²) in [4.78, 5) is 12.3. The van der Waals surface area contributed by atoms with E-state index >= 15 is 0 Å². The van der Waals surface area contributed by atoms with Crippen molar-refractivity contribution in [2.75, 3.05) is 11.9 Å². The standard InChI is InChI=1S/C16H23NO2/c1-3-12-19-14-8-6-13(7-9-14)17-15(18)16(2)10-4-5-11-16/h6-9H,3-5,10-12H2,1-2H3,(H,17,18). The van der Waals surface area contributed by atoms with E-state index in [1.54, 1.807) is 0 Å². The Hall–Kier alpha value is -1.51. The molecule has 3 heteroatoms. The van der Waals surface area contributed by atoms with Gasteiger partial charge >= 0.3 is 0 Å². The fourth-order valence-corrected chi connectivity index (χ4v) is 2.52. The van der Waals surface area contributed by atoms with Crippen molar-refractivity contribution in [1.82, 2.24) is 0 Å². The average molecular weight is 261 g/mol. The maximum absolute atomic E-state index is 12.3. The summed E-state index contributed by atoms with van der Waals surface area (Å²) in [7, 11) is 0. The van der Waals surface area contributed by atoms with E-state index < -0.39 is 0 Å². The van der Waals surface area contributed by atoms with Crippen LogP contribution in [0, 0.1) is 5.41 Å². The second-order valence-electron chi connectivity index (χ2n) is 5.59. The first-order chi connectivity index (χ1) is 9.14. The van der Waals surface area contributed by atoms with E-state index in [1.165, 1.54) is 0 Å². The predicted molar refractivity (Wildman–Crippen MR) is 77.4 cm³/mol. The van der Waals surface area contributed by atoms with Gasteiger partial charge in [-0.25, -0.2) is 0 Å². The number of carbonyl (C=O) groups excluding carboxylic acids is 1. The Morgan fingerprint density at radius 1 is 1.26 bits per heavy atom. The molecule has 104 valence electrons. The van der Waals surface area contributed by atoms with Crippen LogP contribution in [0.3, 0.4) is 0 Å². The quantitative estimate of drug-likeness (QED) is 0.870. The highest BCUT2D eigenvalue weighted by molar-refractivity contribution is 5.95. The number of benzene rings is 1. The lowest BCUT2D eigenvalue weighted by atomic mass is 9.88. The van der Waals surface area contributed by atoms with Crippen molar-refractivity contribution in [2.45, 2.75) is 46.0 Å². The molecule has 0 bridgehead atoms. The molecule has 0 unspecified atom stereocenters. The van der Waals surface area contributed by atoms with Crippen LogP contribution < -0.4 is 10.1 Å². The van der Waals surface area contributed by atoms with Gasteiger partial charge in [-0.05, 0) is 43.5 Å². The first kappa shape index (κ1) is 13.9. The number of hydrogen-bond donors (Lipinski definition) is 1. The van der Waals surface area contributed by atoms with Crippen LogP contribution in [0.25, 0.3) is 0 Å². The molecular formula is C16H23NO2. The molecule has 1 aliphatic rings. The van der Waals surface area contributed by atoms with Crippen molar-refractivity contribution in [2.24, 2.45) is 5.41 Å². The fourth-order valence-electron chi connectivity index (χ4n) is 2.52. The van der Waals surface area contributed by atoms with Crippen LogP contribution in [0.4, 0.5) is 5.69 Å². The second kappa shape index (κ2) is 6.09. The van der Waals surface area contributed by atoms with Crippen molar-refractivity contribution < 1.29 is 9.53 Å². The minimum atomic E-state index is -0.183. The SMILES string of the molecule is CCCOc1ccc(NC(=O)C2(C)CCCC2)cc1. The van der Waals surface area contributed by atoms with Gasteiger partial charge in [-0.1, -0.05) is 26.7 Å². The smallest absolute Gasteiger partial charge is 0.230 e. The molecule has 1 saturated carbocycles. The summed E-state index contributed by atoms with van der Waals surface area (Å²) in [5, 5.41) is 3.01. The molecule has 1 aliphatic carbocycles. The van der Waals surface area contributed by atoms with Crippen molar-refractivity contribution in [3.63, 3.8) is 0 Å². The van der Waals surface area contributed by atoms with E-state index in [-0.39, 0.29) is 11.3 Å². The fraction of sp³-hybridized carbons (Fsp3) is 0.562. The maximum Gasteiger partial charge on any atom is 0.230 e. The maximum atomic E-state index is 12.3. The van der Waals surface area contributed by atoms with E-state index in [4.69, 9.17) is 4.74 Å². The van der Waals surface area contributed by atoms with Gasteiger partial charge in [-0.15, -0.1) is 0 Å². The molecule has 0 radical (unpaired) electrons. The van der Waals surface area contributed by atoms with Crippen LogP contribution in [0.15, 0.2) is 24.3 Å². The normalized spacial score (nSPS) is 17.2. The van der Waals surface area contributed by atoms with Gasteiger partial charge in [-0.2, -0.15) is 0 Å². The molecule has 0 atom stereocenters. The van der Waals surface area contributed by atoms with E-state index in [0.29, 0.717) is 0 Å². The van der Waals surface area contributed by atoms with Crippen LogP contribution in [-0.4, -0.2) is 12.5 Å². The van der Waals surface area contributed by atoms with Crippen LogP contribution in [-0.2, 0) is 4.79 Å². The van der Waals surface area contributed by atoms with Crippen LogP contribution in [0.2, 0.25) is 0 Å². The first-order valence-electron chi connectivity index (χ1n) is 7.18. The largest absolute Gasteiger partial charge is 0.494 e. The molecule has 19 heavy (non-hydrogen) atoms. The third kappa shape index (κ3) is 3.49. The van der Waals surface area contributed by atoms with Gasteiger partial charge in [-0.3, -0.25) is 4.79 Å². The highest BCUT2D eigenvalue weighted by Crippen LogP contribution is 2.38. The van der Waals surface area contributed by atoms with Gasteiger partial charge in [0.15, 0.2) is 0 Å². The van der Waals surface area contributed by atoms with E-state index in [0.717, 1.165) is 50.1 Å². The lowest BCUT2D eigenvalue weighted by molar-refractivity contribution is -0.124. The zero-order valence-corrected chi connectivity index (χ0v) is 11.9. The molecule has 2 rings (SSSR count). The first-order valence-corrected chi connectivity index (χ1v) is 7.18. The van der Waals surface area contributed by atoms with Gasteiger partial charge < -0.3 is 10.1 Å². The molecule has 0 aromatic heterocycles. The minimum absolute atomic E-state index is 0.146. The van der Waals surface area contributed by atoms with Gasteiger partial charge in [0.1, 0.15) is 5.75 Å². The summed E-state index contributed by atoms with van der Waals surface area (Å²) in [5.74, 6) is 0.999. The van der Waals surface area contributed by atoms with Crippen LogP contribution >= 0.6 is 0 Å². The third-order valence-corrected chi connectivity index (χ3v) is 3.84. The van der Waals surface area contributed by atoms with Gasteiger partial charge in [0.2, 0.25) is 5.91 Å². The van der Waals surface area contributed by atoms with E-state index in [1.807, 2.05) is 24.3 Å². The van der Waals surface area contributed by atoms with Gasteiger partial charge in [0, 0.05) is 11.1 Å². The topological polar surface area (TPSA) is 38.3 Å². The summed E-state index contributed by atoms with van der Waals surface area (Å²) in [6, 6.07) is 7.62. The number of ether oxygens (including phenoxy) is 1. The highest BCUT2D eigenvalue weighted by Gasteiger charge is 2.36. The number of hydrogen-bond acceptors (Lipinski definition) is 2. The van der Waals surface area contributed by atoms with Crippen molar-refractivity contribution in [3.8, 4) is 5.75 Å². The Balaban J connectivity index is 1.93. The summed E-state index contributed by atoms with van der Waals surface area (Å²) in [5.41, 5.74) is 0.666. The molecule has 1 N–H and O–H groups in total. The number of nitrogens with one attached hydrogen (secondary N) is 1. The number of anilines is 1. The van der Waals surface area contributed by atoms with Crippen molar-refractivity contribution in [1.29, 1.82) is 0 Å². The van der Waals surface area contributed by atoms with Crippen LogP contribution in [0.1, 0.15) is 46.0 Å². The highest BCUT2D eigenvalue weighted by atomic mass is 16.5. The van der Waals surface area contributed by atoms with E-state index in [2.05, 4.69) is 19.2 Å². The lowest BCUT2D eigenvalue weighted by Crippen LogP contribution is -2.30. The van der Waals surface area contributed by atoms with Crippen molar-refractivity contribution >= 4 is 11.6 Å². The molecule has 0 saturated heterocycles. The molecule has 1 amide bonds. The molecular weight excluding hydrogens is 238 g/mol. The zero-order valence-electron chi connectivity index (χ0n) is 11.9. The summed E-state index contributed by atoms with van der Waals surface area (Å²) < 4.78 is 5.52. The monoisotopic (exact) mass is 261 g/mol. The van der Waals surface area contributed by atoms with Crippen LogP contribution in [0.5, 0.6) is 5.75 Å². The molecule has 1 aromatic carbocycles. The molecule has 0 spiro atoms. The van der Waals surface area contributed by atoms with E-state index in [9.17, 15) is 4.79 Å². The van der Waals surface area contributed by atoms with Gasteiger partial charge in [0.05, 0.1) is 6.61 Å². The Kier molecular flexibility index (Phi) is 4.46. The molecule has 0 heterocycles. The predicted octanol–water partition coefficient (Wildman–Crippen LogP) is 3.99. The van der Waals surface area contributed by atoms with Crippen molar-refractivity contribution in [3.05, 3.63) is 24.3 Å². The number of amides is 1. The number of rotatable bonds is 5. The summed E-state index contributed by atoms with van der Waals surface area (Å²) >= 11 is 0. The summed E-state index contributed by atoms with van der Waals surface area (Å²) in [6.07, 6.45) is 5.31. The summed E-state index contributed by atoms with van der Waals surface area (Å²) in [6.45, 7) is 4.87. The Labute approximate surface area is 115 Å². The zero-order chi connectivity index (χ0) is 13.7. The Morgan fingerprint density at radius 3 is 2.47 bits per heavy atom. The second-order valence-corrected chi connectivity index (χ2v) is 5.59. The number of carbonyl (C=O) groups is 1. The Bertz CT molecular complexity index is 419. The minimum Gasteiger partial charge on any atom is -0.494 e. The third-order valence-electron chi connectivity index (χ3n) is 3.84. The Morgan fingerprint density at radius 2 is 1.89 bits per heavy atom. The molecule has 3 nitrogen and oxygen atoms in total. The average Bonchev–Trinajstić information content (AvgIpc) is 2.86.